The van der Waals surface area contributed by atoms with Crippen LogP contribution >= 0.6 is 0 Å². The monoisotopic (exact) mass is 204 g/mol. The molecule has 2 rings (SSSR count). The first kappa shape index (κ1) is 10.0. The highest BCUT2D eigenvalue weighted by Crippen LogP contribution is 2.29. The van der Waals surface area contributed by atoms with Gasteiger partial charge in [0.25, 0.3) is 0 Å². The van der Waals surface area contributed by atoms with E-state index >= 15 is 0 Å². The minimum absolute atomic E-state index is 0.0923. The number of aryl methyl sites for hydroxylation is 1. The van der Waals surface area contributed by atoms with Gasteiger partial charge < -0.3 is 10.6 Å². The highest BCUT2D eigenvalue weighted by atomic mass is 16.1. The molecule has 0 spiro atoms. The lowest BCUT2D eigenvalue weighted by Gasteiger charge is -2.13. The summed E-state index contributed by atoms with van der Waals surface area (Å²) in [6.45, 7) is 4.11. The highest BCUT2D eigenvalue weighted by Gasteiger charge is 2.18. The summed E-state index contributed by atoms with van der Waals surface area (Å²) in [7, 11) is 0. The molecule has 15 heavy (non-hydrogen) atoms. The van der Waals surface area contributed by atoms with E-state index in [0.717, 1.165) is 17.8 Å². The fourth-order valence-corrected chi connectivity index (χ4v) is 1.95. The molecule has 1 unspecified atom stereocenters. The predicted octanol–water partition coefficient (Wildman–Crippen LogP) is 2.39. The van der Waals surface area contributed by atoms with Crippen molar-refractivity contribution in [3.05, 3.63) is 23.8 Å². The lowest BCUT2D eigenvalue weighted by Crippen LogP contribution is -2.18. The molecule has 2 N–H and O–H groups in total. The van der Waals surface area contributed by atoms with Crippen LogP contribution in [0.25, 0.3) is 0 Å². The van der Waals surface area contributed by atoms with Crippen LogP contribution in [0, 0.1) is 0 Å². The fourth-order valence-electron chi connectivity index (χ4n) is 1.95. The quantitative estimate of drug-likeness (QED) is 0.737. The van der Waals surface area contributed by atoms with E-state index in [4.69, 9.17) is 0 Å². The Bertz CT molecular complexity index is 387. The molecular weight excluding hydrogens is 188 g/mol. The topological polar surface area (TPSA) is 41.1 Å². The lowest BCUT2D eigenvalue weighted by atomic mass is 10.1. The maximum absolute atomic E-state index is 11.6. The van der Waals surface area contributed by atoms with Crippen LogP contribution in [0.15, 0.2) is 18.2 Å². The Kier molecular flexibility index (Phi) is 2.62. The normalized spacial score (nSPS) is 19.9. The largest absolute Gasteiger partial charge is 0.380 e. The minimum Gasteiger partial charge on any atom is -0.380 e. The Morgan fingerprint density at radius 3 is 3.00 bits per heavy atom. The molecule has 0 radical (unpaired) electrons. The van der Waals surface area contributed by atoms with E-state index in [1.54, 1.807) is 0 Å². The number of nitrogens with one attached hydrogen (secondary N) is 2. The number of benzene rings is 1. The molecule has 0 fully saturated rings. The number of amides is 1. The molecule has 1 aliphatic heterocycles. The van der Waals surface area contributed by atoms with Gasteiger partial charge in [-0.15, -0.1) is 0 Å². The van der Waals surface area contributed by atoms with Gasteiger partial charge in [0, 0.05) is 12.5 Å². The maximum atomic E-state index is 11.6. The van der Waals surface area contributed by atoms with Gasteiger partial charge in [0.1, 0.15) is 0 Å². The molecule has 1 heterocycles. The van der Waals surface area contributed by atoms with Gasteiger partial charge >= 0.3 is 0 Å². The summed E-state index contributed by atoms with van der Waals surface area (Å²) in [5, 5.41) is 6.32. The number of carbonyl (C=O) groups is 1. The third-order valence-corrected chi connectivity index (χ3v) is 2.69. The first-order chi connectivity index (χ1) is 7.20. The zero-order valence-corrected chi connectivity index (χ0v) is 9.13. The predicted molar refractivity (Wildman–Crippen MR) is 62.2 cm³/mol. The van der Waals surface area contributed by atoms with E-state index in [2.05, 4.69) is 23.6 Å². The van der Waals surface area contributed by atoms with Crippen molar-refractivity contribution < 1.29 is 4.79 Å². The van der Waals surface area contributed by atoms with Crippen molar-refractivity contribution in [3.8, 4) is 0 Å². The molecule has 1 aromatic rings. The molecule has 0 aromatic heterocycles. The van der Waals surface area contributed by atoms with Gasteiger partial charge in [0.05, 0.1) is 11.4 Å². The first-order valence-electron chi connectivity index (χ1n) is 5.39. The summed E-state index contributed by atoms with van der Waals surface area (Å²) in [5.41, 5.74) is 3.17. The zero-order valence-electron chi connectivity index (χ0n) is 9.13. The van der Waals surface area contributed by atoms with Crippen molar-refractivity contribution in [2.24, 2.45) is 0 Å². The molecule has 0 saturated heterocycles. The van der Waals surface area contributed by atoms with Gasteiger partial charge in [0.15, 0.2) is 0 Å². The van der Waals surface area contributed by atoms with Crippen molar-refractivity contribution in [2.45, 2.75) is 32.7 Å². The molecule has 0 bridgehead atoms. The van der Waals surface area contributed by atoms with Gasteiger partial charge in [-0.25, -0.2) is 0 Å². The summed E-state index contributed by atoms with van der Waals surface area (Å²) in [6.07, 6.45) is 1.46. The molecule has 3 heteroatoms. The Morgan fingerprint density at radius 2 is 2.27 bits per heavy atom. The van der Waals surface area contributed by atoms with E-state index in [1.807, 2.05) is 19.1 Å². The molecule has 80 valence electrons. The molecule has 1 aliphatic rings. The lowest BCUT2D eigenvalue weighted by molar-refractivity contribution is -0.116. The Labute approximate surface area is 89.9 Å². The number of hydrogen-bond acceptors (Lipinski definition) is 2. The zero-order chi connectivity index (χ0) is 10.8. The number of anilines is 2. The number of fused-ring (bicyclic) bond motifs is 1. The second-order valence-corrected chi connectivity index (χ2v) is 3.99. The average Bonchev–Trinajstić information content (AvgIpc) is 2.33. The molecule has 3 nitrogen and oxygen atoms in total. The number of carbonyl (C=O) groups excluding carboxylic acids is 1. The van der Waals surface area contributed by atoms with Crippen LogP contribution in [0.5, 0.6) is 0 Å². The highest BCUT2D eigenvalue weighted by molar-refractivity contribution is 5.97. The standard InChI is InChI=1S/C12H16N2O/c1-3-9-5-4-6-10-12(9)14-11(15)7-8(2)13-10/h4-6,8,13H,3,7H2,1-2H3,(H,14,15). The number of para-hydroxylation sites is 1. The third kappa shape index (κ3) is 1.96. The smallest absolute Gasteiger partial charge is 0.226 e. The average molecular weight is 204 g/mol. The first-order valence-corrected chi connectivity index (χ1v) is 5.39. The Hall–Kier alpha value is -1.51. The van der Waals surface area contributed by atoms with Gasteiger partial charge in [-0.2, -0.15) is 0 Å². The van der Waals surface area contributed by atoms with Gasteiger partial charge in [-0.05, 0) is 25.0 Å². The van der Waals surface area contributed by atoms with Crippen LogP contribution in [0.1, 0.15) is 25.8 Å². The van der Waals surface area contributed by atoms with Gasteiger partial charge in [-0.1, -0.05) is 19.1 Å². The maximum Gasteiger partial charge on any atom is 0.226 e. The van der Waals surface area contributed by atoms with E-state index < -0.39 is 0 Å². The van der Waals surface area contributed by atoms with Crippen molar-refractivity contribution in [2.75, 3.05) is 10.6 Å². The molecule has 1 atom stereocenters. The molecule has 1 amide bonds. The third-order valence-electron chi connectivity index (χ3n) is 2.69. The summed E-state index contributed by atoms with van der Waals surface area (Å²) >= 11 is 0. The fraction of sp³-hybridized carbons (Fsp3) is 0.417. The van der Waals surface area contributed by atoms with Gasteiger partial charge in [-0.3, -0.25) is 4.79 Å². The van der Waals surface area contributed by atoms with Gasteiger partial charge in [0.2, 0.25) is 5.91 Å². The van der Waals surface area contributed by atoms with Crippen LogP contribution < -0.4 is 10.6 Å². The molecule has 0 saturated carbocycles. The SMILES string of the molecule is CCc1cccc2c1NC(=O)CC(C)N2. The van der Waals surface area contributed by atoms with E-state index in [-0.39, 0.29) is 11.9 Å². The van der Waals surface area contributed by atoms with Crippen LogP contribution in [0.4, 0.5) is 11.4 Å². The van der Waals surface area contributed by atoms with Crippen molar-refractivity contribution in [1.82, 2.24) is 0 Å². The van der Waals surface area contributed by atoms with Crippen LogP contribution in [0.2, 0.25) is 0 Å². The van der Waals surface area contributed by atoms with Crippen LogP contribution in [-0.2, 0) is 11.2 Å². The second-order valence-electron chi connectivity index (χ2n) is 3.99. The van der Waals surface area contributed by atoms with Crippen LogP contribution in [0.3, 0.4) is 0 Å². The summed E-state index contributed by atoms with van der Waals surface area (Å²) in [5.74, 6) is 0.0923. The molecule has 1 aromatic carbocycles. The number of hydrogen-bond donors (Lipinski definition) is 2. The molecular formula is C12H16N2O. The Morgan fingerprint density at radius 1 is 1.47 bits per heavy atom. The van der Waals surface area contributed by atoms with Crippen molar-refractivity contribution >= 4 is 17.3 Å². The molecule has 0 aliphatic carbocycles. The summed E-state index contributed by atoms with van der Waals surface area (Å²) in [6, 6.07) is 6.28. The van der Waals surface area contributed by atoms with Crippen molar-refractivity contribution in [1.29, 1.82) is 0 Å². The minimum atomic E-state index is 0.0923. The van der Waals surface area contributed by atoms with Crippen molar-refractivity contribution in [3.63, 3.8) is 0 Å². The number of rotatable bonds is 1. The summed E-state index contributed by atoms with van der Waals surface area (Å²) in [4.78, 5) is 11.6. The van der Waals surface area contributed by atoms with Crippen LogP contribution in [-0.4, -0.2) is 11.9 Å². The Balaban J connectivity index is 2.45. The van der Waals surface area contributed by atoms with E-state index in [9.17, 15) is 4.79 Å². The van der Waals surface area contributed by atoms with E-state index in [1.165, 1.54) is 5.56 Å². The second kappa shape index (κ2) is 3.93. The summed E-state index contributed by atoms with van der Waals surface area (Å²) < 4.78 is 0. The van der Waals surface area contributed by atoms with E-state index in [0.29, 0.717) is 6.42 Å².